The zero-order chi connectivity index (χ0) is 17.3. The van der Waals surface area contributed by atoms with Crippen molar-refractivity contribution in [2.75, 3.05) is 0 Å². The molecule has 5 nitrogen and oxygen atoms in total. The van der Waals surface area contributed by atoms with Crippen LogP contribution in [0.1, 0.15) is 38.8 Å². The van der Waals surface area contributed by atoms with Crippen molar-refractivity contribution in [3.05, 3.63) is 34.1 Å². The van der Waals surface area contributed by atoms with Gasteiger partial charge in [0.25, 0.3) is 0 Å². The number of hydrogen-bond donors (Lipinski definition) is 0. The number of nitriles is 1. The highest BCUT2D eigenvalue weighted by Gasteiger charge is 2.42. The van der Waals surface area contributed by atoms with Crippen LogP contribution in [0.2, 0.25) is 5.02 Å². The van der Waals surface area contributed by atoms with Crippen LogP contribution < -0.4 is 5.11 Å². The Balaban J connectivity index is 3.52. The first-order valence-corrected chi connectivity index (χ1v) is 6.66. The molecule has 0 aliphatic carbocycles. The maximum absolute atomic E-state index is 13.9. The standard InChI is InChI=1S/C15H15ClFNO4/c1-14(2,3)22-13(21)15(4,12(19)20)9-6-5-8(7-18)11(17)10(9)16/h5-6H,1-4H3,(H,19,20)/p-1. The number of carbonyl (C=O) groups is 2. The van der Waals surface area contributed by atoms with Crippen LogP contribution in [-0.2, 0) is 19.7 Å². The van der Waals surface area contributed by atoms with E-state index in [2.05, 4.69) is 0 Å². The normalized spacial score (nSPS) is 13.9. The second kappa shape index (κ2) is 5.93. The molecule has 0 aliphatic heterocycles. The van der Waals surface area contributed by atoms with Gasteiger partial charge in [0, 0.05) is 0 Å². The van der Waals surface area contributed by atoms with Gasteiger partial charge in [-0.1, -0.05) is 17.7 Å². The highest BCUT2D eigenvalue weighted by atomic mass is 35.5. The zero-order valence-electron chi connectivity index (χ0n) is 12.5. The smallest absolute Gasteiger partial charge is 0.322 e. The fourth-order valence-corrected chi connectivity index (χ4v) is 2.06. The van der Waals surface area contributed by atoms with E-state index in [1.807, 2.05) is 0 Å². The first-order valence-electron chi connectivity index (χ1n) is 6.28. The molecule has 0 N–H and O–H groups in total. The third kappa shape index (κ3) is 3.20. The molecule has 0 radical (unpaired) electrons. The molecule has 0 heterocycles. The van der Waals surface area contributed by atoms with E-state index in [0.29, 0.717) is 0 Å². The molecule has 0 aliphatic rings. The lowest BCUT2D eigenvalue weighted by molar-refractivity contribution is -0.312. The molecule has 0 saturated carbocycles. The van der Waals surface area contributed by atoms with Gasteiger partial charge in [0.05, 0.1) is 16.6 Å². The number of carboxylic acid groups (broad SMARTS) is 1. The summed E-state index contributed by atoms with van der Waals surface area (Å²) in [6.45, 7) is 5.69. The molecule has 1 aromatic rings. The SMILES string of the molecule is CC(C)(C)OC(=O)C(C)(C(=O)[O-])c1ccc(C#N)c(F)c1Cl. The number of halogens is 2. The third-order valence-corrected chi connectivity index (χ3v) is 3.33. The molecule has 0 spiro atoms. The predicted molar refractivity (Wildman–Crippen MR) is 74.3 cm³/mol. The molecule has 0 amide bonds. The highest BCUT2D eigenvalue weighted by Crippen LogP contribution is 2.35. The van der Waals surface area contributed by atoms with Crippen molar-refractivity contribution in [2.24, 2.45) is 0 Å². The number of aliphatic carboxylic acids is 1. The van der Waals surface area contributed by atoms with Gasteiger partial charge in [0.2, 0.25) is 0 Å². The summed E-state index contributed by atoms with van der Waals surface area (Å²) in [7, 11) is 0. The van der Waals surface area contributed by atoms with Gasteiger partial charge in [0.15, 0.2) is 5.82 Å². The van der Waals surface area contributed by atoms with Crippen LogP contribution in [0.4, 0.5) is 4.39 Å². The Bertz CT molecular complexity index is 675. The first-order chi connectivity index (χ1) is 9.95. The number of carbonyl (C=O) groups excluding carboxylic acids is 2. The lowest BCUT2D eigenvalue weighted by Gasteiger charge is -2.33. The zero-order valence-corrected chi connectivity index (χ0v) is 13.2. The number of rotatable bonds is 3. The lowest BCUT2D eigenvalue weighted by atomic mass is 9.81. The van der Waals surface area contributed by atoms with Gasteiger partial charge in [-0.3, -0.25) is 4.79 Å². The van der Waals surface area contributed by atoms with E-state index in [4.69, 9.17) is 21.6 Å². The highest BCUT2D eigenvalue weighted by molar-refractivity contribution is 6.32. The average Bonchev–Trinajstić information content (AvgIpc) is 2.38. The van der Waals surface area contributed by atoms with Crippen molar-refractivity contribution in [3.8, 4) is 6.07 Å². The lowest BCUT2D eigenvalue weighted by Crippen LogP contribution is -2.52. The quantitative estimate of drug-likeness (QED) is 0.623. The van der Waals surface area contributed by atoms with Gasteiger partial charge in [-0.2, -0.15) is 5.26 Å². The Labute approximate surface area is 132 Å². The summed E-state index contributed by atoms with van der Waals surface area (Å²) in [5, 5.41) is 19.6. The van der Waals surface area contributed by atoms with Gasteiger partial charge in [-0.05, 0) is 39.3 Å². The molecule has 22 heavy (non-hydrogen) atoms. The fraction of sp³-hybridized carbons (Fsp3) is 0.400. The summed E-state index contributed by atoms with van der Waals surface area (Å²) >= 11 is 5.80. The molecule has 1 rings (SSSR count). The topological polar surface area (TPSA) is 90.2 Å². The number of hydrogen-bond acceptors (Lipinski definition) is 5. The maximum atomic E-state index is 13.9. The summed E-state index contributed by atoms with van der Waals surface area (Å²) in [6, 6.07) is 3.72. The minimum Gasteiger partial charge on any atom is -0.549 e. The van der Waals surface area contributed by atoms with Gasteiger partial charge in [0.1, 0.15) is 17.1 Å². The summed E-state index contributed by atoms with van der Waals surface area (Å²) in [4.78, 5) is 23.8. The van der Waals surface area contributed by atoms with Gasteiger partial charge in [-0.15, -0.1) is 0 Å². The number of nitrogens with zero attached hydrogens (tertiary/aromatic N) is 1. The van der Waals surface area contributed by atoms with Crippen LogP contribution in [-0.4, -0.2) is 17.5 Å². The Kier molecular flexibility index (Phi) is 4.83. The number of benzene rings is 1. The van der Waals surface area contributed by atoms with Crippen LogP contribution in [0.5, 0.6) is 0 Å². The molecular formula is C15H14ClFNO4-. The minimum atomic E-state index is -2.31. The van der Waals surface area contributed by atoms with Gasteiger partial charge < -0.3 is 14.6 Å². The molecule has 118 valence electrons. The van der Waals surface area contributed by atoms with E-state index >= 15 is 0 Å². The fourth-order valence-electron chi connectivity index (χ4n) is 1.71. The van der Waals surface area contributed by atoms with Crippen molar-refractivity contribution in [1.29, 1.82) is 5.26 Å². The molecule has 1 atom stereocenters. The number of esters is 1. The molecular weight excluding hydrogens is 313 g/mol. The van der Waals surface area contributed by atoms with Crippen LogP contribution >= 0.6 is 11.6 Å². The largest absolute Gasteiger partial charge is 0.549 e. The van der Waals surface area contributed by atoms with E-state index in [9.17, 15) is 19.1 Å². The van der Waals surface area contributed by atoms with E-state index in [0.717, 1.165) is 19.1 Å². The average molecular weight is 327 g/mol. The van der Waals surface area contributed by atoms with E-state index in [1.54, 1.807) is 26.8 Å². The first kappa shape index (κ1) is 17.9. The van der Waals surface area contributed by atoms with E-state index in [-0.39, 0.29) is 11.1 Å². The monoisotopic (exact) mass is 326 g/mol. The Morgan fingerprint density at radius 1 is 1.32 bits per heavy atom. The van der Waals surface area contributed by atoms with E-state index < -0.39 is 33.8 Å². The second-order valence-electron chi connectivity index (χ2n) is 5.81. The summed E-state index contributed by atoms with van der Waals surface area (Å²) in [6.07, 6.45) is 0. The van der Waals surface area contributed by atoms with Gasteiger partial charge in [-0.25, -0.2) is 4.39 Å². The third-order valence-electron chi connectivity index (χ3n) is 2.96. The molecule has 0 fully saturated rings. The molecule has 0 aromatic heterocycles. The maximum Gasteiger partial charge on any atom is 0.322 e. The predicted octanol–water partition coefficient (Wildman–Crippen LogP) is 1.70. The van der Waals surface area contributed by atoms with Crippen molar-refractivity contribution < 1.29 is 23.8 Å². The summed E-state index contributed by atoms with van der Waals surface area (Å²) in [5.74, 6) is -4.02. The molecule has 1 unspecified atom stereocenters. The van der Waals surface area contributed by atoms with Crippen molar-refractivity contribution >= 4 is 23.5 Å². The number of carboxylic acids is 1. The molecule has 0 bridgehead atoms. The second-order valence-corrected chi connectivity index (χ2v) is 6.19. The Morgan fingerprint density at radius 2 is 1.86 bits per heavy atom. The van der Waals surface area contributed by atoms with Crippen LogP contribution in [0.3, 0.4) is 0 Å². The van der Waals surface area contributed by atoms with Crippen molar-refractivity contribution in [1.82, 2.24) is 0 Å². The molecule has 7 heteroatoms. The van der Waals surface area contributed by atoms with Crippen molar-refractivity contribution in [2.45, 2.75) is 38.7 Å². The molecule has 0 saturated heterocycles. The summed E-state index contributed by atoms with van der Waals surface area (Å²) in [5.41, 5.74) is -3.96. The van der Waals surface area contributed by atoms with Crippen LogP contribution in [0.25, 0.3) is 0 Å². The van der Waals surface area contributed by atoms with Gasteiger partial charge >= 0.3 is 5.97 Å². The Hall–Kier alpha value is -2.13. The van der Waals surface area contributed by atoms with Crippen LogP contribution in [0, 0.1) is 17.1 Å². The number of ether oxygens (including phenoxy) is 1. The van der Waals surface area contributed by atoms with Crippen molar-refractivity contribution in [3.63, 3.8) is 0 Å². The molecule has 1 aromatic carbocycles. The minimum absolute atomic E-state index is 0.333. The van der Waals surface area contributed by atoms with E-state index in [1.165, 1.54) is 0 Å². The Morgan fingerprint density at radius 3 is 2.27 bits per heavy atom. The van der Waals surface area contributed by atoms with Crippen LogP contribution in [0.15, 0.2) is 12.1 Å². The summed E-state index contributed by atoms with van der Waals surface area (Å²) < 4.78 is 19.0.